The van der Waals surface area contributed by atoms with Crippen molar-refractivity contribution in [3.8, 4) is 0 Å². The summed E-state index contributed by atoms with van der Waals surface area (Å²) in [6, 6.07) is 0.276. The van der Waals surface area contributed by atoms with Crippen LogP contribution in [0, 0.1) is 17.8 Å². The Hall–Kier alpha value is -0.350. The topological polar surface area (TPSA) is 38.1 Å². The molecule has 114 valence electrons. The molecule has 1 fully saturated rings. The fourth-order valence-corrected chi connectivity index (χ4v) is 3.90. The molecule has 0 aliphatic heterocycles. The van der Waals surface area contributed by atoms with Gasteiger partial charge in [0.25, 0.3) is 0 Å². The highest BCUT2D eigenvalue weighted by Gasteiger charge is 2.31. The second kappa shape index (κ2) is 6.61. The summed E-state index contributed by atoms with van der Waals surface area (Å²) in [5.74, 6) is 1.97. The maximum atomic E-state index is 10.8. The largest absolute Gasteiger partial charge is 0.386 e. The van der Waals surface area contributed by atoms with E-state index in [9.17, 15) is 5.11 Å². The van der Waals surface area contributed by atoms with Gasteiger partial charge in [-0.25, -0.2) is 0 Å². The van der Waals surface area contributed by atoms with E-state index in [1.807, 2.05) is 4.68 Å². The molecule has 0 radical (unpaired) electrons. The summed E-state index contributed by atoms with van der Waals surface area (Å²) in [6.07, 6.45) is 6.14. The van der Waals surface area contributed by atoms with E-state index < -0.39 is 6.10 Å². The number of halogens is 1. The van der Waals surface area contributed by atoms with E-state index >= 15 is 0 Å². The Morgan fingerprint density at radius 1 is 1.15 bits per heavy atom. The summed E-state index contributed by atoms with van der Waals surface area (Å²) in [7, 11) is 0. The van der Waals surface area contributed by atoms with Crippen LogP contribution in [0.2, 0.25) is 0 Å². The summed E-state index contributed by atoms with van der Waals surface area (Å²) in [4.78, 5) is 0. The van der Waals surface area contributed by atoms with E-state index in [1.165, 1.54) is 12.8 Å². The van der Waals surface area contributed by atoms with Gasteiger partial charge in [0, 0.05) is 6.04 Å². The third-order valence-electron chi connectivity index (χ3n) is 4.76. The molecule has 0 saturated heterocycles. The van der Waals surface area contributed by atoms with E-state index in [0.29, 0.717) is 5.92 Å². The summed E-state index contributed by atoms with van der Waals surface area (Å²) in [5, 5.41) is 15.2. The number of aromatic nitrogens is 2. The van der Waals surface area contributed by atoms with Crippen LogP contribution in [0.4, 0.5) is 0 Å². The van der Waals surface area contributed by atoms with Crippen LogP contribution in [0.3, 0.4) is 0 Å². The highest BCUT2D eigenvalue weighted by atomic mass is 79.9. The molecule has 1 N–H and O–H groups in total. The number of hydrogen-bond donors (Lipinski definition) is 1. The van der Waals surface area contributed by atoms with Crippen molar-refractivity contribution in [1.82, 2.24) is 9.78 Å². The van der Waals surface area contributed by atoms with Crippen LogP contribution in [-0.4, -0.2) is 14.9 Å². The zero-order chi connectivity index (χ0) is 14.9. The van der Waals surface area contributed by atoms with Crippen molar-refractivity contribution in [3.05, 3.63) is 16.4 Å². The highest BCUT2D eigenvalue weighted by Crippen LogP contribution is 2.41. The van der Waals surface area contributed by atoms with Gasteiger partial charge >= 0.3 is 0 Å². The molecule has 1 atom stereocenters. The van der Waals surface area contributed by atoms with E-state index in [0.717, 1.165) is 34.8 Å². The Kier molecular flexibility index (Phi) is 5.30. The fourth-order valence-electron chi connectivity index (χ4n) is 3.39. The molecule has 1 aromatic rings. The molecule has 0 amide bonds. The van der Waals surface area contributed by atoms with Crippen molar-refractivity contribution in [3.63, 3.8) is 0 Å². The third-order valence-corrected chi connectivity index (χ3v) is 5.37. The van der Waals surface area contributed by atoms with Gasteiger partial charge in [-0.1, -0.05) is 13.8 Å². The predicted octanol–water partition coefficient (Wildman–Crippen LogP) is 4.72. The average molecular weight is 343 g/mol. The fraction of sp³-hybridized carbons (Fsp3) is 0.812. The van der Waals surface area contributed by atoms with Crippen LogP contribution in [-0.2, 0) is 0 Å². The lowest BCUT2D eigenvalue weighted by molar-refractivity contribution is 0.0585. The smallest absolute Gasteiger partial charge is 0.0996 e. The third kappa shape index (κ3) is 3.28. The Morgan fingerprint density at radius 2 is 1.70 bits per heavy atom. The predicted molar refractivity (Wildman–Crippen MR) is 85.6 cm³/mol. The summed E-state index contributed by atoms with van der Waals surface area (Å²) >= 11 is 3.54. The molecular formula is C16H27BrN2O. The first-order valence-electron chi connectivity index (χ1n) is 7.82. The van der Waals surface area contributed by atoms with Gasteiger partial charge in [0.1, 0.15) is 0 Å². The van der Waals surface area contributed by atoms with Gasteiger partial charge in [0.2, 0.25) is 0 Å². The molecule has 1 saturated carbocycles. The van der Waals surface area contributed by atoms with Gasteiger partial charge in [-0.05, 0) is 73.2 Å². The summed E-state index contributed by atoms with van der Waals surface area (Å²) < 4.78 is 2.88. The average Bonchev–Trinajstić information content (AvgIpc) is 2.80. The lowest BCUT2D eigenvalue weighted by Crippen LogP contribution is -2.25. The number of aliphatic hydroxyl groups excluding tert-OH is 1. The van der Waals surface area contributed by atoms with Crippen molar-refractivity contribution >= 4 is 15.9 Å². The Labute approximate surface area is 130 Å². The SMILES string of the molecule is CC(C)C1CCC(C(O)c2c(Br)cnn2C(C)C)CC1. The van der Waals surface area contributed by atoms with Gasteiger partial charge < -0.3 is 5.11 Å². The minimum atomic E-state index is -0.401. The molecule has 20 heavy (non-hydrogen) atoms. The maximum absolute atomic E-state index is 10.8. The first kappa shape index (κ1) is 16.0. The van der Waals surface area contributed by atoms with Crippen LogP contribution in [0.25, 0.3) is 0 Å². The van der Waals surface area contributed by atoms with Gasteiger partial charge in [0.15, 0.2) is 0 Å². The molecule has 1 aromatic heterocycles. The maximum Gasteiger partial charge on any atom is 0.0996 e. The lowest BCUT2D eigenvalue weighted by Gasteiger charge is -2.33. The Morgan fingerprint density at radius 3 is 2.20 bits per heavy atom. The highest BCUT2D eigenvalue weighted by molar-refractivity contribution is 9.10. The first-order chi connectivity index (χ1) is 9.41. The molecule has 1 aliphatic rings. The molecule has 0 bridgehead atoms. The molecule has 1 heterocycles. The molecule has 3 nitrogen and oxygen atoms in total. The minimum Gasteiger partial charge on any atom is -0.386 e. The zero-order valence-corrected chi connectivity index (χ0v) is 14.6. The van der Waals surface area contributed by atoms with E-state index in [4.69, 9.17) is 0 Å². The van der Waals surface area contributed by atoms with Crippen LogP contribution in [0.1, 0.15) is 71.2 Å². The first-order valence-corrected chi connectivity index (χ1v) is 8.62. The summed E-state index contributed by atoms with van der Waals surface area (Å²) in [6.45, 7) is 8.83. The molecule has 1 unspecified atom stereocenters. The van der Waals surface area contributed by atoms with Crippen LogP contribution in [0.5, 0.6) is 0 Å². The number of aliphatic hydroxyl groups is 1. The summed E-state index contributed by atoms with van der Waals surface area (Å²) in [5.41, 5.74) is 0.952. The molecule has 4 heteroatoms. The Bertz CT molecular complexity index is 434. The monoisotopic (exact) mass is 342 g/mol. The van der Waals surface area contributed by atoms with Gasteiger partial charge in [-0.3, -0.25) is 4.68 Å². The number of rotatable bonds is 4. The molecule has 0 spiro atoms. The molecule has 1 aliphatic carbocycles. The van der Waals surface area contributed by atoms with Crippen LogP contribution >= 0.6 is 15.9 Å². The minimum absolute atomic E-state index is 0.276. The number of hydrogen-bond acceptors (Lipinski definition) is 2. The van der Waals surface area contributed by atoms with E-state index in [1.54, 1.807) is 6.20 Å². The van der Waals surface area contributed by atoms with E-state index in [-0.39, 0.29) is 6.04 Å². The second-order valence-corrected chi connectivity index (χ2v) is 7.63. The van der Waals surface area contributed by atoms with Crippen molar-refractivity contribution in [2.45, 2.75) is 65.5 Å². The van der Waals surface area contributed by atoms with Gasteiger partial charge in [-0.15, -0.1) is 0 Å². The van der Waals surface area contributed by atoms with Crippen molar-refractivity contribution < 1.29 is 5.11 Å². The van der Waals surface area contributed by atoms with E-state index in [2.05, 4.69) is 48.7 Å². The van der Waals surface area contributed by atoms with Crippen LogP contribution in [0.15, 0.2) is 10.7 Å². The van der Waals surface area contributed by atoms with Gasteiger partial charge in [-0.2, -0.15) is 5.10 Å². The zero-order valence-electron chi connectivity index (χ0n) is 13.0. The van der Waals surface area contributed by atoms with Crippen molar-refractivity contribution in [2.24, 2.45) is 17.8 Å². The second-order valence-electron chi connectivity index (χ2n) is 6.78. The standard InChI is InChI=1S/C16H27BrN2O/c1-10(2)12-5-7-13(8-6-12)16(20)15-14(17)9-18-19(15)11(3)4/h9-13,16,20H,5-8H2,1-4H3. The lowest BCUT2D eigenvalue weighted by atomic mass is 9.75. The molecule has 0 aromatic carbocycles. The van der Waals surface area contributed by atoms with Crippen molar-refractivity contribution in [1.29, 1.82) is 0 Å². The Balaban J connectivity index is 2.09. The molecule has 2 rings (SSSR count). The van der Waals surface area contributed by atoms with Crippen molar-refractivity contribution in [2.75, 3.05) is 0 Å². The van der Waals surface area contributed by atoms with Gasteiger partial charge in [0.05, 0.1) is 22.5 Å². The number of nitrogens with zero attached hydrogens (tertiary/aromatic N) is 2. The van der Waals surface area contributed by atoms with Crippen LogP contribution < -0.4 is 0 Å². The quantitative estimate of drug-likeness (QED) is 0.859. The normalized spacial score (nSPS) is 25.4. The molecular weight excluding hydrogens is 316 g/mol.